The molecular formula is C20H19N3O2S2. The average Bonchev–Trinajstić information content (AvgIpc) is 3.10. The highest BCUT2D eigenvalue weighted by atomic mass is 32.2. The van der Waals surface area contributed by atoms with E-state index in [1.165, 1.54) is 0 Å². The Morgan fingerprint density at radius 1 is 1.15 bits per heavy atom. The van der Waals surface area contributed by atoms with Crippen molar-refractivity contribution in [3.05, 3.63) is 82.4 Å². The van der Waals surface area contributed by atoms with Gasteiger partial charge in [-0.25, -0.2) is 4.98 Å². The summed E-state index contributed by atoms with van der Waals surface area (Å²) < 4.78 is 1.03. The summed E-state index contributed by atoms with van der Waals surface area (Å²) in [6.45, 7) is 1.97. The smallest absolute Gasteiger partial charge is 0.252 e. The third kappa shape index (κ3) is 5.18. The van der Waals surface area contributed by atoms with Crippen molar-refractivity contribution in [3.8, 4) is 0 Å². The fraction of sp³-hybridized carbons (Fsp3) is 0.150. The van der Waals surface area contributed by atoms with Gasteiger partial charge in [-0.1, -0.05) is 54.2 Å². The predicted octanol–water partition coefficient (Wildman–Crippen LogP) is 3.70. The molecule has 3 rings (SSSR count). The minimum atomic E-state index is -0.859. The van der Waals surface area contributed by atoms with Crippen LogP contribution in [0.25, 0.3) is 0 Å². The number of thioether (sulfide) groups is 1. The molecule has 1 heterocycles. The zero-order valence-electron chi connectivity index (χ0n) is 14.7. The number of primary amides is 1. The van der Waals surface area contributed by atoms with Crippen molar-refractivity contribution in [1.82, 2.24) is 10.3 Å². The number of amides is 2. The summed E-state index contributed by atoms with van der Waals surface area (Å²) in [6, 6.07) is 15.4. The molecule has 0 fully saturated rings. The Bertz CT molecular complexity index is 924. The molecule has 2 amide bonds. The maximum atomic E-state index is 12.5. The van der Waals surface area contributed by atoms with Gasteiger partial charge in [-0.15, -0.1) is 11.3 Å². The molecule has 0 radical (unpaired) electrons. The van der Waals surface area contributed by atoms with E-state index in [0.717, 1.165) is 21.3 Å². The van der Waals surface area contributed by atoms with Crippen LogP contribution in [0.5, 0.6) is 0 Å². The molecule has 3 aromatic rings. The number of nitrogens with zero attached hydrogens (tertiary/aromatic N) is 1. The van der Waals surface area contributed by atoms with Crippen LogP contribution in [0.2, 0.25) is 0 Å². The summed E-state index contributed by atoms with van der Waals surface area (Å²) >= 11 is 3.29. The Labute approximate surface area is 166 Å². The molecule has 3 N–H and O–H groups in total. The molecule has 7 heteroatoms. The van der Waals surface area contributed by atoms with Crippen LogP contribution in [-0.2, 0) is 10.5 Å². The first kappa shape index (κ1) is 19.1. The first-order chi connectivity index (χ1) is 13.0. The fourth-order valence-electron chi connectivity index (χ4n) is 2.47. The molecule has 0 aliphatic rings. The van der Waals surface area contributed by atoms with Crippen molar-refractivity contribution in [2.24, 2.45) is 5.73 Å². The molecule has 0 aliphatic heterocycles. The predicted molar refractivity (Wildman–Crippen MR) is 109 cm³/mol. The number of carbonyl (C=O) groups excluding carboxylic acids is 2. The van der Waals surface area contributed by atoms with Gasteiger partial charge in [-0.2, -0.15) is 0 Å². The minimum absolute atomic E-state index is 0.336. The standard InChI is InChI=1S/C20H19N3O2S2/c1-13-11-26-20(22-13)27-12-14-7-9-16(10-8-14)19(25)23-17(18(21)24)15-5-3-2-4-6-15/h2-11,17H,12H2,1H3,(H2,21,24)(H,23,25). The fourth-order valence-corrected chi connectivity index (χ4v) is 4.28. The third-order valence-electron chi connectivity index (χ3n) is 3.87. The Morgan fingerprint density at radius 3 is 2.44 bits per heavy atom. The average molecular weight is 398 g/mol. The van der Waals surface area contributed by atoms with Crippen LogP contribution < -0.4 is 11.1 Å². The number of aromatic nitrogens is 1. The van der Waals surface area contributed by atoms with Crippen LogP contribution in [0.1, 0.15) is 33.2 Å². The van der Waals surface area contributed by atoms with Gasteiger partial charge in [0, 0.05) is 22.4 Å². The number of hydrogen-bond acceptors (Lipinski definition) is 5. The van der Waals surface area contributed by atoms with Gasteiger partial charge in [-0.05, 0) is 30.2 Å². The SMILES string of the molecule is Cc1csc(SCc2ccc(C(=O)NC(C(N)=O)c3ccccc3)cc2)n1. The molecule has 0 aliphatic carbocycles. The van der Waals surface area contributed by atoms with E-state index in [1.807, 2.05) is 30.5 Å². The van der Waals surface area contributed by atoms with E-state index >= 15 is 0 Å². The Hall–Kier alpha value is -2.64. The molecular weight excluding hydrogens is 378 g/mol. The zero-order valence-corrected chi connectivity index (χ0v) is 16.3. The van der Waals surface area contributed by atoms with Crippen molar-refractivity contribution in [3.63, 3.8) is 0 Å². The summed E-state index contributed by atoms with van der Waals surface area (Å²) in [5, 5.41) is 4.73. The third-order valence-corrected chi connectivity index (χ3v) is 6.08. The van der Waals surface area contributed by atoms with Gasteiger partial charge in [0.05, 0.1) is 0 Å². The lowest BCUT2D eigenvalue weighted by Crippen LogP contribution is -2.37. The molecule has 0 spiro atoms. The second-order valence-electron chi connectivity index (χ2n) is 5.96. The van der Waals surface area contributed by atoms with E-state index in [1.54, 1.807) is 59.5 Å². The van der Waals surface area contributed by atoms with E-state index in [-0.39, 0.29) is 5.91 Å². The highest BCUT2D eigenvalue weighted by Crippen LogP contribution is 2.26. The lowest BCUT2D eigenvalue weighted by molar-refractivity contribution is -0.120. The molecule has 138 valence electrons. The maximum Gasteiger partial charge on any atom is 0.252 e. The van der Waals surface area contributed by atoms with Gasteiger partial charge in [-0.3, -0.25) is 9.59 Å². The maximum absolute atomic E-state index is 12.5. The lowest BCUT2D eigenvalue weighted by Gasteiger charge is -2.16. The molecule has 1 unspecified atom stereocenters. The van der Waals surface area contributed by atoms with Crippen LogP contribution in [-0.4, -0.2) is 16.8 Å². The summed E-state index contributed by atoms with van der Waals surface area (Å²) in [5.41, 5.74) is 8.72. The number of benzene rings is 2. The van der Waals surface area contributed by atoms with Gasteiger partial charge < -0.3 is 11.1 Å². The topological polar surface area (TPSA) is 85.1 Å². The molecule has 5 nitrogen and oxygen atoms in total. The highest BCUT2D eigenvalue weighted by Gasteiger charge is 2.20. The number of aryl methyl sites for hydroxylation is 1. The van der Waals surface area contributed by atoms with Gasteiger partial charge >= 0.3 is 0 Å². The van der Waals surface area contributed by atoms with Crippen LogP contribution in [0, 0.1) is 6.92 Å². The van der Waals surface area contributed by atoms with Crippen molar-refractivity contribution in [1.29, 1.82) is 0 Å². The van der Waals surface area contributed by atoms with Crippen LogP contribution in [0.3, 0.4) is 0 Å². The molecule has 0 saturated heterocycles. The quantitative estimate of drug-likeness (QED) is 0.595. The van der Waals surface area contributed by atoms with Crippen LogP contribution in [0.4, 0.5) is 0 Å². The van der Waals surface area contributed by atoms with Crippen molar-refractivity contribution in [2.75, 3.05) is 0 Å². The van der Waals surface area contributed by atoms with Crippen molar-refractivity contribution in [2.45, 2.75) is 23.1 Å². The first-order valence-electron chi connectivity index (χ1n) is 8.32. The Kier molecular flexibility index (Phi) is 6.26. The molecule has 27 heavy (non-hydrogen) atoms. The molecule has 1 aromatic heterocycles. The van der Waals surface area contributed by atoms with E-state index in [0.29, 0.717) is 11.1 Å². The number of nitrogens with two attached hydrogens (primary N) is 1. The van der Waals surface area contributed by atoms with Crippen LogP contribution >= 0.6 is 23.1 Å². The van der Waals surface area contributed by atoms with Crippen molar-refractivity contribution >= 4 is 34.9 Å². The number of nitrogens with one attached hydrogen (secondary N) is 1. The van der Waals surface area contributed by atoms with Gasteiger partial charge in [0.1, 0.15) is 10.4 Å². The highest BCUT2D eigenvalue weighted by molar-refractivity contribution is 8.00. The number of thiazole rings is 1. The van der Waals surface area contributed by atoms with Crippen molar-refractivity contribution < 1.29 is 9.59 Å². The van der Waals surface area contributed by atoms with Gasteiger partial charge in [0.2, 0.25) is 5.91 Å². The Morgan fingerprint density at radius 2 is 1.85 bits per heavy atom. The van der Waals surface area contributed by atoms with E-state index in [2.05, 4.69) is 10.3 Å². The van der Waals surface area contributed by atoms with Gasteiger partial charge in [0.25, 0.3) is 5.91 Å². The lowest BCUT2D eigenvalue weighted by atomic mass is 10.1. The van der Waals surface area contributed by atoms with Crippen LogP contribution in [0.15, 0.2) is 64.3 Å². The summed E-state index contributed by atoms with van der Waals surface area (Å²) in [6.07, 6.45) is 0. The molecule has 0 saturated carbocycles. The molecule has 2 aromatic carbocycles. The van der Waals surface area contributed by atoms with Gasteiger partial charge in [0.15, 0.2) is 0 Å². The zero-order chi connectivity index (χ0) is 19.2. The number of carbonyl (C=O) groups is 2. The van der Waals surface area contributed by atoms with E-state index < -0.39 is 11.9 Å². The normalized spacial score (nSPS) is 11.7. The second kappa shape index (κ2) is 8.83. The number of rotatable bonds is 7. The van der Waals surface area contributed by atoms with E-state index in [4.69, 9.17) is 5.73 Å². The second-order valence-corrected chi connectivity index (χ2v) is 8.04. The monoisotopic (exact) mass is 397 g/mol. The number of hydrogen-bond donors (Lipinski definition) is 2. The summed E-state index contributed by atoms with van der Waals surface area (Å²) in [5.74, 6) is -0.151. The molecule has 1 atom stereocenters. The first-order valence-corrected chi connectivity index (χ1v) is 10.2. The summed E-state index contributed by atoms with van der Waals surface area (Å²) in [7, 11) is 0. The minimum Gasteiger partial charge on any atom is -0.368 e. The Balaban J connectivity index is 1.63. The summed E-state index contributed by atoms with van der Waals surface area (Å²) in [4.78, 5) is 28.7. The largest absolute Gasteiger partial charge is 0.368 e. The molecule has 0 bridgehead atoms. The van der Waals surface area contributed by atoms with E-state index in [9.17, 15) is 9.59 Å².